The van der Waals surface area contributed by atoms with Gasteiger partial charge >= 0.3 is 0 Å². The fourth-order valence-electron chi connectivity index (χ4n) is 0.992. The van der Waals surface area contributed by atoms with Gasteiger partial charge in [0.1, 0.15) is 0 Å². The Bertz CT molecular complexity index is 107. The van der Waals surface area contributed by atoms with Crippen LogP contribution < -0.4 is 5.32 Å². The summed E-state index contributed by atoms with van der Waals surface area (Å²) in [5, 5.41) is 3.35. The van der Waals surface area contributed by atoms with Crippen molar-refractivity contribution in [3.8, 4) is 0 Å². The quantitative estimate of drug-likeness (QED) is 0.688. The second kappa shape index (κ2) is 5.55. The van der Waals surface area contributed by atoms with Crippen LogP contribution in [0.1, 0.15) is 41.0 Å². The molecule has 0 amide bonds. The Morgan fingerprint density at radius 3 is 2.33 bits per heavy atom. The monoisotopic (exact) mass is 173 g/mol. The van der Waals surface area contributed by atoms with Gasteiger partial charge in [0.25, 0.3) is 0 Å². The van der Waals surface area contributed by atoms with Crippen LogP contribution in [0.2, 0.25) is 0 Å². The van der Waals surface area contributed by atoms with Gasteiger partial charge in [0.05, 0.1) is 5.60 Å². The second-order valence-electron chi connectivity index (χ2n) is 4.21. The average molecular weight is 173 g/mol. The van der Waals surface area contributed by atoms with Crippen molar-refractivity contribution in [2.24, 2.45) is 0 Å². The Hall–Kier alpha value is -0.0800. The fraction of sp³-hybridized carbons (Fsp3) is 1.00. The van der Waals surface area contributed by atoms with E-state index in [4.69, 9.17) is 4.74 Å². The minimum atomic E-state index is 0.00589. The van der Waals surface area contributed by atoms with E-state index in [2.05, 4.69) is 39.9 Å². The van der Waals surface area contributed by atoms with Gasteiger partial charge in [-0.1, -0.05) is 6.92 Å². The maximum absolute atomic E-state index is 5.61. The van der Waals surface area contributed by atoms with Crippen LogP contribution in [0.4, 0.5) is 0 Å². The van der Waals surface area contributed by atoms with E-state index in [9.17, 15) is 0 Å². The lowest BCUT2D eigenvalue weighted by Gasteiger charge is -2.21. The van der Waals surface area contributed by atoms with Gasteiger partial charge in [-0.3, -0.25) is 0 Å². The van der Waals surface area contributed by atoms with Crippen LogP contribution >= 0.6 is 0 Å². The van der Waals surface area contributed by atoms with Gasteiger partial charge in [0.2, 0.25) is 0 Å². The van der Waals surface area contributed by atoms with Crippen LogP contribution in [-0.2, 0) is 4.74 Å². The first kappa shape index (κ1) is 11.9. The molecule has 74 valence electrons. The summed E-state index contributed by atoms with van der Waals surface area (Å²) >= 11 is 0. The summed E-state index contributed by atoms with van der Waals surface area (Å²) in [4.78, 5) is 0. The third-order valence-corrected chi connectivity index (χ3v) is 1.64. The largest absolute Gasteiger partial charge is 0.376 e. The third kappa shape index (κ3) is 8.02. The average Bonchev–Trinajstić information content (AvgIpc) is 1.84. The van der Waals surface area contributed by atoms with E-state index in [1.54, 1.807) is 0 Å². The van der Waals surface area contributed by atoms with Gasteiger partial charge in [0, 0.05) is 12.6 Å². The van der Waals surface area contributed by atoms with Crippen LogP contribution in [0.3, 0.4) is 0 Å². The summed E-state index contributed by atoms with van der Waals surface area (Å²) in [6.45, 7) is 12.5. The zero-order valence-corrected chi connectivity index (χ0v) is 9.11. The number of nitrogens with one attached hydrogen (secondary N) is 1. The molecule has 0 radical (unpaired) electrons. The first-order valence-corrected chi connectivity index (χ1v) is 4.83. The van der Waals surface area contributed by atoms with E-state index < -0.39 is 0 Å². The number of rotatable bonds is 5. The van der Waals surface area contributed by atoms with Gasteiger partial charge in [-0.05, 0) is 40.7 Å². The molecule has 1 unspecified atom stereocenters. The zero-order chi connectivity index (χ0) is 9.61. The summed E-state index contributed by atoms with van der Waals surface area (Å²) in [6.07, 6.45) is 1.09. The maximum Gasteiger partial charge on any atom is 0.0598 e. The van der Waals surface area contributed by atoms with Crippen molar-refractivity contribution in [2.45, 2.75) is 52.7 Å². The SMILES string of the molecule is CCNC(C)CCOC(C)(C)C. The Labute approximate surface area is 76.7 Å². The minimum absolute atomic E-state index is 0.00589. The molecule has 0 heterocycles. The molecule has 2 heteroatoms. The van der Waals surface area contributed by atoms with Crippen molar-refractivity contribution in [1.29, 1.82) is 0 Å². The summed E-state index contributed by atoms with van der Waals surface area (Å²) in [5.74, 6) is 0. The zero-order valence-electron chi connectivity index (χ0n) is 9.11. The first-order valence-electron chi connectivity index (χ1n) is 4.83. The molecule has 0 aliphatic heterocycles. The summed E-state index contributed by atoms with van der Waals surface area (Å²) < 4.78 is 5.61. The molecule has 0 aliphatic carbocycles. The predicted octanol–water partition coefficient (Wildman–Crippen LogP) is 2.19. The molecule has 2 nitrogen and oxygen atoms in total. The van der Waals surface area contributed by atoms with Crippen LogP contribution in [-0.4, -0.2) is 24.8 Å². The fourth-order valence-corrected chi connectivity index (χ4v) is 0.992. The molecule has 0 saturated heterocycles. The van der Waals surface area contributed by atoms with Crippen molar-refractivity contribution in [3.63, 3.8) is 0 Å². The van der Waals surface area contributed by atoms with E-state index in [-0.39, 0.29) is 5.60 Å². The molecule has 1 N–H and O–H groups in total. The van der Waals surface area contributed by atoms with E-state index in [0.29, 0.717) is 6.04 Å². The first-order chi connectivity index (χ1) is 5.45. The van der Waals surface area contributed by atoms with Gasteiger partial charge < -0.3 is 10.1 Å². The molecule has 0 bridgehead atoms. The van der Waals surface area contributed by atoms with Crippen molar-refractivity contribution < 1.29 is 4.74 Å². The highest BCUT2D eigenvalue weighted by molar-refractivity contribution is 4.62. The molecular formula is C10H23NO. The minimum Gasteiger partial charge on any atom is -0.376 e. The number of ether oxygens (including phenoxy) is 1. The van der Waals surface area contributed by atoms with Crippen LogP contribution in [0.5, 0.6) is 0 Å². The number of hydrogen-bond donors (Lipinski definition) is 1. The van der Waals surface area contributed by atoms with E-state index >= 15 is 0 Å². The highest BCUT2D eigenvalue weighted by atomic mass is 16.5. The van der Waals surface area contributed by atoms with Gasteiger partial charge in [-0.25, -0.2) is 0 Å². The molecule has 0 aromatic carbocycles. The van der Waals surface area contributed by atoms with Crippen molar-refractivity contribution in [3.05, 3.63) is 0 Å². The van der Waals surface area contributed by atoms with Crippen LogP contribution in [0.15, 0.2) is 0 Å². The Morgan fingerprint density at radius 1 is 1.33 bits per heavy atom. The normalized spacial score (nSPS) is 14.8. The number of hydrogen-bond acceptors (Lipinski definition) is 2. The summed E-state index contributed by atoms with van der Waals surface area (Å²) in [5.41, 5.74) is 0.00589. The molecule has 0 aromatic rings. The molecule has 0 rings (SSSR count). The topological polar surface area (TPSA) is 21.3 Å². The lowest BCUT2D eigenvalue weighted by atomic mass is 10.2. The molecule has 0 spiro atoms. The molecule has 0 saturated carbocycles. The molecule has 1 atom stereocenters. The van der Waals surface area contributed by atoms with Gasteiger partial charge in [-0.15, -0.1) is 0 Å². The van der Waals surface area contributed by atoms with Crippen molar-refractivity contribution >= 4 is 0 Å². The lowest BCUT2D eigenvalue weighted by molar-refractivity contribution is -0.00650. The Morgan fingerprint density at radius 2 is 1.92 bits per heavy atom. The van der Waals surface area contributed by atoms with E-state index in [1.165, 1.54) is 0 Å². The van der Waals surface area contributed by atoms with Crippen LogP contribution in [0.25, 0.3) is 0 Å². The molecule has 0 aliphatic rings. The summed E-state index contributed by atoms with van der Waals surface area (Å²) in [6, 6.07) is 0.567. The Balaban J connectivity index is 3.31. The highest BCUT2D eigenvalue weighted by Gasteiger charge is 2.10. The third-order valence-electron chi connectivity index (χ3n) is 1.64. The smallest absolute Gasteiger partial charge is 0.0598 e. The van der Waals surface area contributed by atoms with Gasteiger partial charge in [-0.2, -0.15) is 0 Å². The summed E-state index contributed by atoms with van der Waals surface area (Å²) in [7, 11) is 0. The lowest BCUT2D eigenvalue weighted by Crippen LogP contribution is -2.29. The van der Waals surface area contributed by atoms with Gasteiger partial charge in [0.15, 0.2) is 0 Å². The molecular weight excluding hydrogens is 150 g/mol. The Kier molecular flexibility index (Phi) is 5.51. The molecule has 12 heavy (non-hydrogen) atoms. The molecule has 0 aromatic heterocycles. The second-order valence-corrected chi connectivity index (χ2v) is 4.21. The van der Waals surface area contributed by atoms with Crippen LogP contribution in [0, 0.1) is 0 Å². The molecule has 0 fully saturated rings. The highest BCUT2D eigenvalue weighted by Crippen LogP contribution is 2.07. The maximum atomic E-state index is 5.61. The standard InChI is InChI=1S/C10H23NO/c1-6-11-9(2)7-8-12-10(3,4)5/h9,11H,6-8H2,1-5H3. The van der Waals surface area contributed by atoms with E-state index in [0.717, 1.165) is 19.6 Å². The van der Waals surface area contributed by atoms with Crippen molar-refractivity contribution in [1.82, 2.24) is 5.32 Å². The predicted molar refractivity (Wildman–Crippen MR) is 53.5 cm³/mol. The van der Waals surface area contributed by atoms with Crippen molar-refractivity contribution in [2.75, 3.05) is 13.2 Å². The van der Waals surface area contributed by atoms with E-state index in [1.807, 2.05) is 0 Å².